The van der Waals surface area contributed by atoms with Crippen LogP contribution in [0.3, 0.4) is 0 Å². The fourth-order valence-electron chi connectivity index (χ4n) is 3.29. The van der Waals surface area contributed by atoms with Gasteiger partial charge in [0.2, 0.25) is 5.91 Å². The Hall–Kier alpha value is -1.30. The number of nitrogens with zero attached hydrogens (tertiary/aromatic N) is 1. The average Bonchev–Trinajstić information content (AvgIpc) is 2.98. The van der Waals surface area contributed by atoms with E-state index in [2.05, 4.69) is 5.32 Å². The van der Waals surface area contributed by atoms with Gasteiger partial charge in [0, 0.05) is 26.2 Å². The molecule has 0 spiro atoms. The fourth-order valence-corrected chi connectivity index (χ4v) is 3.29. The van der Waals surface area contributed by atoms with Crippen molar-refractivity contribution in [3.05, 3.63) is 0 Å². The van der Waals surface area contributed by atoms with E-state index < -0.39 is 5.60 Å². The highest BCUT2D eigenvalue weighted by Gasteiger charge is 2.27. The summed E-state index contributed by atoms with van der Waals surface area (Å²) in [5, 5.41) is 2.99. The third-order valence-electron chi connectivity index (χ3n) is 4.48. The van der Waals surface area contributed by atoms with Crippen LogP contribution in [0.5, 0.6) is 0 Å². The lowest BCUT2D eigenvalue weighted by molar-refractivity contribution is -0.123. The highest BCUT2D eigenvalue weighted by molar-refractivity contribution is 5.76. The van der Waals surface area contributed by atoms with Gasteiger partial charge in [-0.1, -0.05) is 0 Å². The Bertz CT molecular complexity index is 427. The maximum Gasteiger partial charge on any atom is 0.410 e. The molecule has 138 valence electrons. The van der Waals surface area contributed by atoms with Gasteiger partial charge < -0.3 is 19.7 Å². The Balaban J connectivity index is 1.65. The van der Waals surface area contributed by atoms with Gasteiger partial charge in [-0.15, -0.1) is 0 Å². The number of hydrogen-bond donors (Lipinski definition) is 1. The molecule has 2 amide bonds. The number of likely N-dealkylation sites (tertiary alicyclic amines) is 1. The molecule has 6 heteroatoms. The summed E-state index contributed by atoms with van der Waals surface area (Å²) < 4.78 is 10.9. The fraction of sp³-hybridized carbons (Fsp3) is 0.889. The Morgan fingerprint density at radius 3 is 2.71 bits per heavy atom. The molecule has 2 aliphatic heterocycles. The molecule has 6 nitrogen and oxygen atoms in total. The lowest BCUT2D eigenvalue weighted by Gasteiger charge is -2.34. The van der Waals surface area contributed by atoms with Gasteiger partial charge >= 0.3 is 6.09 Å². The van der Waals surface area contributed by atoms with Crippen molar-refractivity contribution in [1.29, 1.82) is 0 Å². The quantitative estimate of drug-likeness (QED) is 0.835. The van der Waals surface area contributed by atoms with Crippen molar-refractivity contribution >= 4 is 12.0 Å². The molecule has 2 heterocycles. The zero-order chi connectivity index (χ0) is 17.6. The number of nitrogens with one attached hydrogen (secondary N) is 1. The topological polar surface area (TPSA) is 67.9 Å². The average molecular weight is 340 g/mol. The monoisotopic (exact) mass is 340 g/mol. The van der Waals surface area contributed by atoms with Crippen LogP contribution in [0.1, 0.15) is 59.3 Å². The van der Waals surface area contributed by atoms with Crippen LogP contribution in [0.25, 0.3) is 0 Å². The number of carbonyl (C=O) groups excluding carboxylic acids is 2. The molecule has 0 aliphatic carbocycles. The van der Waals surface area contributed by atoms with Crippen LogP contribution in [0.4, 0.5) is 4.79 Å². The van der Waals surface area contributed by atoms with Crippen molar-refractivity contribution in [2.75, 3.05) is 26.2 Å². The molecule has 2 aliphatic rings. The van der Waals surface area contributed by atoms with Crippen molar-refractivity contribution in [2.24, 2.45) is 5.92 Å². The number of amides is 2. The Kier molecular flexibility index (Phi) is 6.90. The summed E-state index contributed by atoms with van der Waals surface area (Å²) in [4.78, 5) is 25.8. The Labute approximate surface area is 145 Å². The van der Waals surface area contributed by atoms with Crippen molar-refractivity contribution in [2.45, 2.75) is 71.0 Å². The molecule has 2 fully saturated rings. The number of hydrogen-bond acceptors (Lipinski definition) is 4. The molecule has 2 saturated heterocycles. The largest absolute Gasteiger partial charge is 0.444 e. The summed E-state index contributed by atoms with van der Waals surface area (Å²) in [6, 6.07) is 0. The lowest BCUT2D eigenvalue weighted by Crippen LogP contribution is -2.43. The zero-order valence-electron chi connectivity index (χ0n) is 15.3. The second-order valence-electron chi connectivity index (χ2n) is 7.91. The maximum atomic E-state index is 12.2. The van der Waals surface area contributed by atoms with Gasteiger partial charge in [0.1, 0.15) is 5.60 Å². The number of rotatable bonds is 5. The molecule has 0 saturated carbocycles. The second-order valence-corrected chi connectivity index (χ2v) is 7.91. The van der Waals surface area contributed by atoms with Crippen LogP contribution >= 0.6 is 0 Å². The van der Waals surface area contributed by atoms with E-state index in [1.807, 2.05) is 20.8 Å². The van der Waals surface area contributed by atoms with Crippen LogP contribution in [0, 0.1) is 5.92 Å². The summed E-state index contributed by atoms with van der Waals surface area (Å²) in [5.74, 6) is 0.496. The molecule has 0 radical (unpaired) electrons. The number of carbonyl (C=O) groups is 2. The van der Waals surface area contributed by atoms with Gasteiger partial charge in [-0.05, 0) is 58.8 Å². The van der Waals surface area contributed by atoms with E-state index in [-0.39, 0.29) is 18.1 Å². The molecule has 0 aromatic carbocycles. The first-order valence-electron chi connectivity index (χ1n) is 9.20. The number of ether oxygens (including phenoxy) is 2. The van der Waals surface area contributed by atoms with E-state index in [1.165, 1.54) is 0 Å². The van der Waals surface area contributed by atoms with E-state index in [0.717, 1.165) is 51.8 Å². The highest BCUT2D eigenvalue weighted by Crippen LogP contribution is 2.21. The first kappa shape index (κ1) is 19.0. The van der Waals surface area contributed by atoms with Gasteiger partial charge in [-0.2, -0.15) is 0 Å². The van der Waals surface area contributed by atoms with Crippen molar-refractivity contribution < 1.29 is 19.1 Å². The Morgan fingerprint density at radius 1 is 1.25 bits per heavy atom. The first-order valence-corrected chi connectivity index (χ1v) is 9.20. The molecule has 0 aromatic rings. The van der Waals surface area contributed by atoms with E-state index >= 15 is 0 Å². The minimum Gasteiger partial charge on any atom is -0.444 e. The lowest BCUT2D eigenvalue weighted by atomic mass is 9.95. The van der Waals surface area contributed by atoms with Crippen molar-refractivity contribution in [3.8, 4) is 0 Å². The number of piperidine rings is 1. The van der Waals surface area contributed by atoms with E-state index in [9.17, 15) is 9.59 Å². The van der Waals surface area contributed by atoms with Gasteiger partial charge in [0.25, 0.3) is 0 Å². The highest BCUT2D eigenvalue weighted by atomic mass is 16.6. The van der Waals surface area contributed by atoms with Gasteiger partial charge in [0.05, 0.1) is 12.5 Å². The molecule has 2 atom stereocenters. The summed E-state index contributed by atoms with van der Waals surface area (Å²) in [6.07, 6.45) is 5.37. The maximum absolute atomic E-state index is 12.2. The predicted octanol–water partition coefficient (Wildman–Crippen LogP) is 2.71. The molecular weight excluding hydrogens is 308 g/mol. The third-order valence-corrected chi connectivity index (χ3v) is 4.48. The summed E-state index contributed by atoms with van der Waals surface area (Å²) >= 11 is 0. The van der Waals surface area contributed by atoms with Gasteiger partial charge in [0.15, 0.2) is 0 Å². The van der Waals surface area contributed by atoms with Crippen molar-refractivity contribution in [1.82, 2.24) is 10.2 Å². The normalized spacial score (nSPS) is 24.7. The molecule has 24 heavy (non-hydrogen) atoms. The van der Waals surface area contributed by atoms with E-state index in [4.69, 9.17) is 9.47 Å². The SMILES string of the molecule is CC(C)(C)OC(=O)N1CCCC(CCNC(=O)CC2CCCO2)C1. The first-order chi connectivity index (χ1) is 11.3. The summed E-state index contributed by atoms with van der Waals surface area (Å²) in [7, 11) is 0. The zero-order valence-corrected chi connectivity index (χ0v) is 15.3. The van der Waals surface area contributed by atoms with Crippen LogP contribution in [-0.4, -0.2) is 54.8 Å². The predicted molar refractivity (Wildman–Crippen MR) is 91.7 cm³/mol. The molecular formula is C18H32N2O4. The smallest absolute Gasteiger partial charge is 0.410 e. The Morgan fingerprint density at radius 2 is 2.04 bits per heavy atom. The third kappa shape index (κ3) is 6.67. The molecule has 2 unspecified atom stereocenters. The van der Waals surface area contributed by atoms with E-state index in [0.29, 0.717) is 18.9 Å². The van der Waals surface area contributed by atoms with Crippen LogP contribution in [0.15, 0.2) is 0 Å². The van der Waals surface area contributed by atoms with Crippen molar-refractivity contribution in [3.63, 3.8) is 0 Å². The van der Waals surface area contributed by atoms with Crippen LogP contribution in [-0.2, 0) is 14.3 Å². The minimum absolute atomic E-state index is 0.0710. The minimum atomic E-state index is -0.458. The second kappa shape index (κ2) is 8.70. The van der Waals surface area contributed by atoms with Gasteiger partial charge in [-0.3, -0.25) is 4.79 Å². The molecule has 2 rings (SSSR count). The van der Waals surface area contributed by atoms with Gasteiger partial charge in [-0.25, -0.2) is 4.79 Å². The summed E-state index contributed by atoms with van der Waals surface area (Å²) in [5.41, 5.74) is -0.458. The summed E-state index contributed by atoms with van der Waals surface area (Å²) in [6.45, 7) is 8.58. The molecule has 0 aromatic heterocycles. The standard InChI is InChI=1S/C18H32N2O4/c1-18(2,3)24-17(22)20-10-4-6-14(13-20)8-9-19-16(21)12-15-7-5-11-23-15/h14-15H,4-13H2,1-3H3,(H,19,21). The van der Waals surface area contributed by atoms with E-state index in [1.54, 1.807) is 4.90 Å². The van der Waals surface area contributed by atoms with Crippen LogP contribution in [0.2, 0.25) is 0 Å². The molecule has 1 N–H and O–H groups in total. The molecule has 0 bridgehead atoms. The van der Waals surface area contributed by atoms with Crippen LogP contribution < -0.4 is 5.32 Å².